The van der Waals surface area contributed by atoms with E-state index < -0.39 is 4.92 Å². The predicted octanol–water partition coefficient (Wildman–Crippen LogP) is 2.83. The number of halogens is 1. The van der Waals surface area contributed by atoms with Crippen molar-refractivity contribution in [3.63, 3.8) is 0 Å². The first-order valence-corrected chi connectivity index (χ1v) is 6.53. The molecule has 3 atom stereocenters. The van der Waals surface area contributed by atoms with Gasteiger partial charge in [-0.15, -0.1) is 0 Å². The molecule has 1 fully saturated rings. The van der Waals surface area contributed by atoms with Gasteiger partial charge in [0.15, 0.2) is 5.75 Å². The highest BCUT2D eigenvalue weighted by atomic mass is 79.9. The SMILES string of the molecule is COC1C(Br)CC1Oc1cccc(C)c1[N+](=O)[O-]. The van der Waals surface area contributed by atoms with E-state index in [1.54, 1.807) is 32.2 Å². The van der Waals surface area contributed by atoms with Crippen LogP contribution in [0.5, 0.6) is 5.75 Å². The van der Waals surface area contributed by atoms with Gasteiger partial charge in [0.2, 0.25) is 0 Å². The maximum atomic E-state index is 11.0. The molecule has 0 amide bonds. The average molecular weight is 316 g/mol. The third kappa shape index (κ3) is 2.35. The molecular formula is C12H14BrNO4. The molecule has 98 valence electrons. The summed E-state index contributed by atoms with van der Waals surface area (Å²) in [4.78, 5) is 10.9. The normalized spacial score (nSPS) is 26.5. The van der Waals surface area contributed by atoms with Gasteiger partial charge in [0.1, 0.15) is 12.2 Å². The molecule has 0 N–H and O–H groups in total. The lowest BCUT2D eigenvalue weighted by Crippen LogP contribution is -2.51. The monoisotopic (exact) mass is 315 g/mol. The summed E-state index contributed by atoms with van der Waals surface area (Å²) < 4.78 is 11.0. The van der Waals surface area contributed by atoms with Gasteiger partial charge in [0, 0.05) is 23.9 Å². The van der Waals surface area contributed by atoms with Crippen molar-refractivity contribution in [1.82, 2.24) is 0 Å². The summed E-state index contributed by atoms with van der Waals surface area (Å²) in [5.41, 5.74) is 0.631. The molecule has 0 saturated heterocycles. The van der Waals surface area contributed by atoms with Gasteiger partial charge >= 0.3 is 5.69 Å². The molecule has 6 heteroatoms. The quantitative estimate of drug-likeness (QED) is 0.487. The van der Waals surface area contributed by atoms with Gasteiger partial charge in [0.05, 0.1) is 4.92 Å². The molecule has 0 aliphatic heterocycles. The molecule has 1 aromatic carbocycles. The summed E-state index contributed by atoms with van der Waals surface area (Å²) >= 11 is 3.46. The van der Waals surface area contributed by atoms with E-state index in [-0.39, 0.29) is 22.7 Å². The molecule has 5 nitrogen and oxygen atoms in total. The van der Waals surface area contributed by atoms with Crippen molar-refractivity contribution in [1.29, 1.82) is 0 Å². The van der Waals surface area contributed by atoms with Crippen LogP contribution in [0.1, 0.15) is 12.0 Å². The number of benzene rings is 1. The molecule has 0 spiro atoms. The first-order valence-electron chi connectivity index (χ1n) is 5.62. The molecule has 3 unspecified atom stereocenters. The summed E-state index contributed by atoms with van der Waals surface area (Å²) in [6, 6.07) is 5.08. The Morgan fingerprint density at radius 1 is 1.50 bits per heavy atom. The Kier molecular flexibility index (Phi) is 3.87. The summed E-state index contributed by atoms with van der Waals surface area (Å²) in [5.74, 6) is 0.312. The second-order valence-corrected chi connectivity index (χ2v) is 5.46. The van der Waals surface area contributed by atoms with E-state index in [1.807, 2.05) is 0 Å². The van der Waals surface area contributed by atoms with Gasteiger partial charge in [-0.2, -0.15) is 0 Å². The van der Waals surface area contributed by atoms with Crippen LogP contribution >= 0.6 is 15.9 Å². The lowest BCUT2D eigenvalue weighted by molar-refractivity contribution is -0.386. The summed E-state index contributed by atoms with van der Waals surface area (Å²) in [7, 11) is 1.61. The van der Waals surface area contributed by atoms with E-state index in [4.69, 9.17) is 9.47 Å². The Bertz CT molecular complexity index is 465. The number of ether oxygens (including phenoxy) is 2. The van der Waals surface area contributed by atoms with Crippen LogP contribution in [0.4, 0.5) is 5.69 Å². The van der Waals surface area contributed by atoms with Gasteiger partial charge in [-0.25, -0.2) is 0 Å². The Morgan fingerprint density at radius 2 is 2.22 bits per heavy atom. The third-order valence-electron chi connectivity index (χ3n) is 3.11. The fourth-order valence-corrected chi connectivity index (χ4v) is 2.99. The summed E-state index contributed by atoms with van der Waals surface area (Å²) in [6.07, 6.45) is 0.578. The largest absolute Gasteiger partial charge is 0.481 e. The molecule has 0 bridgehead atoms. The Labute approximate surface area is 113 Å². The number of aryl methyl sites for hydroxylation is 1. The number of alkyl halides is 1. The Balaban J connectivity index is 2.20. The fourth-order valence-electron chi connectivity index (χ4n) is 2.07. The standard InChI is InChI=1S/C12H14BrNO4/c1-7-4-3-5-9(11(7)14(15)16)18-10-6-8(13)12(10)17-2/h3-5,8,10,12H,6H2,1-2H3. The van der Waals surface area contributed by atoms with Crippen molar-refractivity contribution >= 4 is 21.6 Å². The highest BCUT2D eigenvalue weighted by Crippen LogP contribution is 2.37. The van der Waals surface area contributed by atoms with Crippen molar-refractivity contribution in [2.45, 2.75) is 30.4 Å². The maximum absolute atomic E-state index is 11.0. The van der Waals surface area contributed by atoms with Gasteiger partial charge < -0.3 is 9.47 Å². The number of nitro benzene ring substituents is 1. The highest BCUT2D eigenvalue weighted by molar-refractivity contribution is 9.09. The van der Waals surface area contributed by atoms with Gasteiger partial charge in [0.25, 0.3) is 0 Å². The van der Waals surface area contributed by atoms with Crippen LogP contribution in [0.2, 0.25) is 0 Å². The molecule has 1 aliphatic carbocycles. The number of nitrogens with zero attached hydrogens (tertiary/aromatic N) is 1. The minimum absolute atomic E-state index is 0.0328. The number of hydrogen-bond acceptors (Lipinski definition) is 4. The van der Waals surface area contributed by atoms with E-state index >= 15 is 0 Å². The smallest absolute Gasteiger partial charge is 0.313 e. The summed E-state index contributed by atoms with van der Waals surface area (Å²) in [6.45, 7) is 1.70. The van der Waals surface area contributed by atoms with Crippen molar-refractivity contribution in [2.24, 2.45) is 0 Å². The second kappa shape index (κ2) is 5.24. The number of rotatable bonds is 4. The molecule has 0 radical (unpaired) electrons. The third-order valence-corrected chi connectivity index (χ3v) is 4.01. The minimum atomic E-state index is -0.406. The molecule has 1 aromatic rings. The molecular weight excluding hydrogens is 302 g/mol. The lowest BCUT2D eigenvalue weighted by atomic mass is 9.91. The number of nitro groups is 1. The number of methoxy groups -OCH3 is 1. The van der Waals surface area contributed by atoms with Crippen LogP contribution in [0.3, 0.4) is 0 Å². The Hall–Kier alpha value is -1.14. The van der Waals surface area contributed by atoms with E-state index in [9.17, 15) is 10.1 Å². The van der Waals surface area contributed by atoms with Crippen LogP contribution < -0.4 is 4.74 Å². The van der Waals surface area contributed by atoms with E-state index in [0.717, 1.165) is 6.42 Å². The summed E-state index contributed by atoms with van der Waals surface area (Å²) in [5, 5.41) is 11.0. The molecule has 1 aliphatic rings. The zero-order chi connectivity index (χ0) is 13.3. The fraction of sp³-hybridized carbons (Fsp3) is 0.500. The topological polar surface area (TPSA) is 61.6 Å². The van der Waals surface area contributed by atoms with Crippen molar-refractivity contribution < 1.29 is 14.4 Å². The van der Waals surface area contributed by atoms with Gasteiger partial charge in [-0.05, 0) is 13.0 Å². The molecule has 18 heavy (non-hydrogen) atoms. The molecule has 0 aromatic heterocycles. The van der Waals surface area contributed by atoms with Gasteiger partial charge in [-0.1, -0.05) is 28.1 Å². The first kappa shape index (κ1) is 13.3. The molecule has 1 saturated carbocycles. The molecule has 2 rings (SSSR count). The van der Waals surface area contributed by atoms with E-state index in [2.05, 4.69) is 15.9 Å². The van der Waals surface area contributed by atoms with Crippen molar-refractivity contribution in [3.05, 3.63) is 33.9 Å². The predicted molar refractivity (Wildman–Crippen MR) is 70.4 cm³/mol. The number of hydrogen-bond donors (Lipinski definition) is 0. The van der Waals surface area contributed by atoms with Crippen LogP contribution in [0, 0.1) is 17.0 Å². The number of para-hydroxylation sites is 1. The van der Waals surface area contributed by atoms with Crippen LogP contribution in [-0.2, 0) is 4.74 Å². The van der Waals surface area contributed by atoms with E-state index in [0.29, 0.717) is 11.3 Å². The lowest BCUT2D eigenvalue weighted by Gasteiger charge is -2.39. The first-order chi connectivity index (χ1) is 8.54. The van der Waals surface area contributed by atoms with Crippen molar-refractivity contribution in [3.8, 4) is 5.75 Å². The highest BCUT2D eigenvalue weighted by Gasteiger charge is 2.42. The average Bonchev–Trinajstić information content (AvgIpc) is 2.28. The van der Waals surface area contributed by atoms with Crippen LogP contribution in [0.25, 0.3) is 0 Å². The van der Waals surface area contributed by atoms with Crippen LogP contribution in [-0.4, -0.2) is 29.1 Å². The van der Waals surface area contributed by atoms with Gasteiger partial charge in [-0.3, -0.25) is 10.1 Å². The van der Waals surface area contributed by atoms with Crippen LogP contribution in [0.15, 0.2) is 18.2 Å². The van der Waals surface area contributed by atoms with Crippen molar-refractivity contribution in [2.75, 3.05) is 7.11 Å². The minimum Gasteiger partial charge on any atom is -0.481 e. The Morgan fingerprint density at radius 3 is 2.78 bits per heavy atom. The zero-order valence-corrected chi connectivity index (χ0v) is 11.7. The maximum Gasteiger partial charge on any atom is 0.313 e. The van der Waals surface area contributed by atoms with E-state index in [1.165, 1.54) is 0 Å². The zero-order valence-electron chi connectivity index (χ0n) is 10.1. The second-order valence-electron chi connectivity index (χ2n) is 4.29. The molecule has 0 heterocycles.